The maximum atomic E-state index is 5.21. The lowest BCUT2D eigenvalue weighted by molar-refractivity contribution is 0.415. The first-order chi connectivity index (χ1) is 9.78. The zero-order valence-corrected chi connectivity index (χ0v) is 12.8. The van der Waals surface area contributed by atoms with Crippen LogP contribution in [0, 0.1) is 6.92 Å². The molecule has 0 aliphatic carbocycles. The number of ether oxygens (including phenoxy) is 1. The van der Waals surface area contributed by atoms with Gasteiger partial charge >= 0.3 is 0 Å². The van der Waals surface area contributed by atoms with Crippen LogP contribution < -0.4 is 10.1 Å². The van der Waals surface area contributed by atoms with Gasteiger partial charge in [-0.05, 0) is 50.6 Å². The van der Waals surface area contributed by atoms with Crippen molar-refractivity contribution in [2.75, 3.05) is 20.2 Å². The predicted molar refractivity (Wildman–Crippen MR) is 83.7 cm³/mol. The molecule has 0 amide bonds. The molecular formula is C16H20N2OS. The van der Waals surface area contributed by atoms with Gasteiger partial charge in [-0.2, -0.15) is 0 Å². The lowest BCUT2D eigenvalue weighted by atomic mass is 10.0. The number of aromatic nitrogens is 1. The third-order valence-corrected chi connectivity index (χ3v) is 4.96. The maximum Gasteiger partial charge on any atom is 0.118 e. The fourth-order valence-corrected chi connectivity index (χ4v) is 3.75. The summed E-state index contributed by atoms with van der Waals surface area (Å²) in [6.45, 7) is 4.37. The molecule has 106 valence electrons. The van der Waals surface area contributed by atoms with Gasteiger partial charge in [0, 0.05) is 22.9 Å². The second-order valence-electron chi connectivity index (χ2n) is 5.23. The molecule has 1 aliphatic heterocycles. The molecule has 3 rings (SSSR count). The quantitative estimate of drug-likeness (QED) is 0.937. The van der Waals surface area contributed by atoms with Gasteiger partial charge in [-0.3, -0.25) is 0 Å². The molecule has 1 N–H and O–H groups in total. The summed E-state index contributed by atoms with van der Waals surface area (Å²) >= 11 is 1.84. The van der Waals surface area contributed by atoms with Gasteiger partial charge in [0.2, 0.25) is 0 Å². The van der Waals surface area contributed by atoms with Crippen LogP contribution in [-0.4, -0.2) is 25.2 Å². The highest BCUT2D eigenvalue weighted by atomic mass is 32.1. The lowest BCUT2D eigenvalue weighted by Crippen LogP contribution is -2.28. The van der Waals surface area contributed by atoms with Crippen LogP contribution in [0.25, 0.3) is 11.3 Å². The van der Waals surface area contributed by atoms with Crippen molar-refractivity contribution in [3.05, 3.63) is 34.2 Å². The fourth-order valence-electron chi connectivity index (χ4n) is 2.67. The van der Waals surface area contributed by atoms with Crippen molar-refractivity contribution in [2.45, 2.75) is 25.7 Å². The molecule has 0 saturated carbocycles. The number of aryl methyl sites for hydroxylation is 1. The van der Waals surface area contributed by atoms with Crippen LogP contribution >= 0.6 is 11.3 Å². The lowest BCUT2D eigenvalue weighted by Gasteiger charge is -2.20. The molecular weight excluding hydrogens is 268 g/mol. The van der Waals surface area contributed by atoms with Crippen molar-refractivity contribution in [2.24, 2.45) is 0 Å². The van der Waals surface area contributed by atoms with E-state index in [0.29, 0.717) is 5.92 Å². The van der Waals surface area contributed by atoms with Crippen molar-refractivity contribution in [1.82, 2.24) is 10.3 Å². The number of nitrogens with zero attached hydrogens (tertiary/aromatic N) is 1. The molecule has 1 saturated heterocycles. The van der Waals surface area contributed by atoms with E-state index in [9.17, 15) is 0 Å². The van der Waals surface area contributed by atoms with Crippen LogP contribution in [0.1, 0.15) is 28.6 Å². The largest absolute Gasteiger partial charge is 0.497 e. The first-order valence-electron chi connectivity index (χ1n) is 7.10. The molecule has 1 aromatic heterocycles. The van der Waals surface area contributed by atoms with Crippen LogP contribution in [-0.2, 0) is 0 Å². The number of methoxy groups -OCH3 is 1. The highest BCUT2D eigenvalue weighted by Crippen LogP contribution is 2.34. The first-order valence-corrected chi connectivity index (χ1v) is 7.92. The summed E-state index contributed by atoms with van der Waals surface area (Å²) in [5.41, 5.74) is 2.30. The number of thiazole rings is 1. The fraction of sp³-hybridized carbons (Fsp3) is 0.438. The molecule has 1 aromatic carbocycles. The van der Waals surface area contributed by atoms with Gasteiger partial charge < -0.3 is 10.1 Å². The molecule has 1 unspecified atom stereocenters. The Morgan fingerprint density at radius 2 is 2.10 bits per heavy atom. The molecule has 0 radical (unpaired) electrons. The predicted octanol–water partition coefficient (Wildman–Crippen LogP) is 3.59. The highest BCUT2D eigenvalue weighted by molar-refractivity contribution is 7.12. The Morgan fingerprint density at radius 3 is 2.75 bits per heavy atom. The third kappa shape index (κ3) is 2.72. The van der Waals surface area contributed by atoms with Gasteiger partial charge in [-0.25, -0.2) is 4.98 Å². The highest BCUT2D eigenvalue weighted by Gasteiger charge is 2.20. The Balaban J connectivity index is 1.87. The van der Waals surface area contributed by atoms with Crippen molar-refractivity contribution < 1.29 is 4.74 Å². The monoisotopic (exact) mass is 288 g/mol. The average Bonchev–Trinajstić information content (AvgIpc) is 2.90. The minimum absolute atomic E-state index is 0.583. The Morgan fingerprint density at radius 1 is 1.30 bits per heavy atom. The summed E-state index contributed by atoms with van der Waals surface area (Å²) in [5, 5.41) is 4.75. The molecule has 2 heterocycles. The van der Waals surface area contributed by atoms with E-state index in [1.807, 2.05) is 23.5 Å². The van der Waals surface area contributed by atoms with E-state index in [1.165, 1.54) is 28.3 Å². The molecule has 20 heavy (non-hydrogen) atoms. The zero-order chi connectivity index (χ0) is 13.9. The van der Waals surface area contributed by atoms with E-state index in [0.717, 1.165) is 24.5 Å². The van der Waals surface area contributed by atoms with Crippen LogP contribution in [0.5, 0.6) is 5.75 Å². The summed E-state index contributed by atoms with van der Waals surface area (Å²) in [7, 11) is 1.69. The molecule has 1 fully saturated rings. The van der Waals surface area contributed by atoms with Gasteiger partial charge in [0.25, 0.3) is 0 Å². The standard InChI is InChI=1S/C16H20N2OS/c1-11-15(12-5-7-14(19-2)8-6-12)18-16(20-11)13-4-3-9-17-10-13/h5-8,13,17H,3-4,9-10H2,1-2H3. The molecule has 1 atom stereocenters. The van der Waals surface area contributed by atoms with E-state index in [2.05, 4.69) is 24.4 Å². The molecule has 0 bridgehead atoms. The molecule has 2 aromatic rings. The van der Waals surface area contributed by atoms with Gasteiger partial charge in [0.05, 0.1) is 17.8 Å². The van der Waals surface area contributed by atoms with Gasteiger partial charge in [0.1, 0.15) is 5.75 Å². The van der Waals surface area contributed by atoms with Crippen molar-refractivity contribution in [1.29, 1.82) is 0 Å². The van der Waals surface area contributed by atoms with Crippen molar-refractivity contribution in [3.8, 4) is 17.0 Å². The normalized spacial score (nSPS) is 19.0. The molecule has 1 aliphatic rings. The van der Waals surface area contributed by atoms with Crippen molar-refractivity contribution >= 4 is 11.3 Å². The summed E-state index contributed by atoms with van der Waals surface area (Å²) in [5.74, 6) is 1.47. The Kier molecular flexibility index (Phi) is 4.03. The SMILES string of the molecule is COc1ccc(-c2nc(C3CCCNC3)sc2C)cc1. The van der Waals surface area contributed by atoms with Gasteiger partial charge in [0.15, 0.2) is 0 Å². The van der Waals surface area contributed by atoms with Crippen LogP contribution in [0.15, 0.2) is 24.3 Å². The molecule has 0 spiro atoms. The summed E-state index contributed by atoms with van der Waals surface area (Å²) < 4.78 is 5.21. The summed E-state index contributed by atoms with van der Waals surface area (Å²) in [6.07, 6.45) is 2.50. The number of nitrogens with one attached hydrogen (secondary N) is 1. The zero-order valence-electron chi connectivity index (χ0n) is 12.0. The number of benzene rings is 1. The van der Waals surface area contributed by atoms with E-state index < -0.39 is 0 Å². The Bertz CT molecular complexity index is 571. The first kappa shape index (κ1) is 13.6. The Labute approximate surface area is 124 Å². The van der Waals surface area contributed by atoms with Crippen LogP contribution in [0.2, 0.25) is 0 Å². The summed E-state index contributed by atoms with van der Waals surface area (Å²) in [6, 6.07) is 8.17. The maximum absolute atomic E-state index is 5.21. The van der Waals surface area contributed by atoms with E-state index in [4.69, 9.17) is 9.72 Å². The Hall–Kier alpha value is -1.39. The van der Waals surface area contributed by atoms with Crippen LogP contribution in [0.4, 0.5) is 0 Å². The van der Waals surface area contributed by atoms with E-state index >= 15 is 0 Å². The molecule has 4 heteroatoms. The van der Waals surface area contributed by atoms with Gasteiger partial charge in [-0.1, -0.05) is 0 Å². The number of piperidine rings is 1. The number of rotatable bonds is 3. The third-order valence-electron chi connectivity index (χ3n) is 3.82. The van der Waals surface area contributed by atoms with Crippen molar-refractivity contribution in [3.63, 3.8) is 0 Å². The second-order valence-corrected chi connectivity index (χ2v) is 6.46. The average molecular weight is 288 g/mol. The smallest absolute Gasteiger partial charge is 0.118 e. The van der Waals surface area contributed by atoms with Crippen LogP contribution in [0.3, 0.4) is 0 Å². The van der Waals surface area contributed by atoms with Gasteiger partial charge in [-0.15, -0.1) is 11.3 Å². The number of hydrogen-bond acceptors (Lipinski definition) is 4. The second kappa shape index (κ2) is 5.94. The number of hydrogen-bond donors (Lipinski definition) is 1. The minimum Gasteiger partial charge on any atom is -0.497 e. The topological polar surface area (TPSA) is 34.1 Å². The minimum atomic E-state index is 0.583. The van der Waals surface area contributed by atoms with E-state index in [-0.39, 0.29) is 0 Å². The molecule has 3 nitrogen and oxygen atoms in total. The van der Waals surface area contributed by atoms with E-state index in [1.54, 1.807) is 7.11 Å². The summed E-state index contributed by atoms with van der Waals surface area (Å²) in [4.78, 5) is 6.20.